The molecule has 40 heavy (non-hydrogen) atoms. The van der Waals surface area contributed by atoms with E-state index in [0.29, 0.717) is 53.5 Å². The summed E-state index contributed by atoms with van der Waals surface area (Å²) in [6.45, 7) is 4.02. The number of nitrogens with zero attached hydrogens (tertiary/aromatic N) is 1. The van der Waals surface area contributed by atoms with Gasteiger partial charge in [0.15, 0.2) is 23.0 Å². The molecule has 212 valence electrons. The second kappa shape index (κ2) is 11.7. The lowest BCUT2D eigenvalue weighted by atomic mass is 9.66. The van der Waals surface area contributed by atoms with Crippen LogP contribution >= 0.6 is 0 Å². The van der Waals surface area contributed by atoms with Crippen molar-refractivity contribution in [1.82, 2.24) is 0 Å². The molecule has 2 saturated carbocycles. The van der Waals surface area contributed by atoms with Gasteiger partial charge in [-0.1, -0.05) is 12.1 Å². The molecular formula is C32H37NO7. The predicted octanol–water partition coefficient (Wildman–Crippen LogP) is 5.87. The van der Waals surface area contributed by atoms with Gasteiger partial charge >= 0.3 is 5.97 Å². The van der Waals surface area contributed by atoms with Gasteiger partial charge in [0.05, 0.1) is 32.3 Å². The number of carbonyl (C=O) groups excluding carboxylic acids is 2. The minimum absolute atomic E-state index is 0.00886. The largest absolute Gasteiger partial charge is 0.504 e. The molecule has 0 bridgehead atoms. The number of ketones is 1. The van der Waals surface area contributed by atoms with Crippen LogP contribution in [0, 0.1) is 5.92 Å². The summed E-state index contributed by atoms with van der Waals surface area (Å²) in [5.41, 5.74) is 3.41. The third-order valence-corrected chi connectivity index (χ3v) is 8.27. The van der Waals surface area contributed by atoms with Gasteiger partial charge in [-0.05, 0) is 87.3 Å². The number of aromatic hydroxyl groups is 1. The Balaban J connectivity index is 1.55. The van der Waals surface area contributed by atoms with Crippen molar-refractivity contribution in [3.8, 4) is 23.0 Å². The van der Waals surface area contributed by atoms with Gasteiger partial charge in [0.1, 0.15) is 11.9 Å². The zero-order valence-corrected chi connectivity index (χ0v) is 23.6. The van der Waals surface area contributed by atoms with Gasteiger partial charge in [-0.15, -0.1) is 0 Å². The molecule has 1 aliphatic heterocycles. The van der Waals surface area contributed by atoms with Crippen LogP contribution in [0.15, 0.2) is 52.7 Å². The number of phenolic OH excluding ortho intramolecular Hbond substituents is 1. The Morgan fingerprint density at radius 2 is 1.65 bits per heavy atom. The molecule has 1 unspecified atom stereocenters. The summed E-state index contributed by atoms with van der Waals surface area (Å²) in [4.78, 5) is 32.5. The molecule has 0 aromatic heterocycles. The number of carbonyl (C=O) groups is 2. The molecule has 2 fully saturated rings. The summed E-state index contributed by atoms with van der Waals surface area (Å²) in [6, 6.07) is 10.8. The topological polar surface area (TPSA) is 104 Å². The number of hydrogen-bond donors (Lipinski definition) is 1. The van der Waals surface area contributed by atoms with E-state index in [2.05, 4.69) is 0 Å². The van der Waals surface area contributed by atoms with Gasteiger partial charge in [0.25, 0.3) is 0 Å². The van der Waals surface area contributed by atoms with Crippen LogP contribution in [-0.2, 0) is 14.3 Å². The highest BCUT2D eigenvalue weighted by atomic mass is 16.5. The van der Waals surface area contributed by atoms with E-state index >= 15 is 0 Å². The SMILES string of the molecule is CCOc1cc([C@@H]2C(C(=O)OC3CCCC3)=C(C)N=C3C[C@H](c4ccc(OC)c(OC)c4)CC(=O)C32)ccc1O. The fraction of sp³-hybridized carbons (Fsp3) is 0.469. The number of fused-ring (bicyclic) bond motifs is 1. The van der Waals surface area contributed by atoms with Gasteiger partial charge in [-0.3, -0.25) is 9.79 Å². The molecule has 2 aromatic rings. The van der Waals surface area contributed by atoms with Crippen LogP contribution in [-0.4, -0.2) is 49.5 Å². The van der Waals surface area contributed by atoms with E-state index in [-0.39, 0.29) is 23.6 Å². The van der Waals surface area contributed by atoms with E-state index in [0.717, 1.165) is 37.0 Å². The van der Waals surface area contributed by atoms with Gasteiger partial charge in [0, 0.05) is 23.7 Å². The Kier molecular flexibility index (Phi) is 8.14. The lowest BCUT2D eigenvalue weighted by Crippen LogP contribution is -2.41. The molecule has 0 radical (unpaired) electrons. The Hall–Kier alpha value is -3.81. The Labute approximate surface area is 235 Å². The molecule has 8 heteroatoms. The second-order valence-electron chi connectivity index (χ2n) is 10.7. The zero-order valence-electron chi connectivity index (χ0n) is 23.6. The molecular weight excluding hydrogens is 510 g/mol. The molecule has 0 saturated heterocycles. The van der Waals surface area contributed by atoms with Crippen molar-refractivity contribution in [1.29, 1.82) is 0 Å². The summed E-state index contributed by atoms with van der Waals surface area (Å²) < 4.78 is 22.5. The molecule has 3 atom stereocenters. The molecule has 1 heterocycles. The highest BCUT2D eigenvalue weighted by Crippen LogP contribution is 2.48. The first-order valence-electron chi connectivity index (χ1n) is 14.0. The second-order valence-corrected chi connectivity index (χ2v) is 10.7. The predicted molar refractivity (Wildman–Crippen MR) is 151 cm³/mol. The number of phenols is 1. The van der Waals surface area contributed by atoms with Crippen LogP contribution < -0.4 is 14.2 Å². The summed E-state index contributed by atoms with van der Waals surface area (Å²) in [7, 11) is 3.18. The van der Waals surface area contributed by atoms with E-state index < -0.39 is 17.8 Å². The molecule has 8 nitrogen and oxygen atoms in total. The van der Waals surface area contributed by atoms with Crippen molar-refractivity contribution < 1.29 is 33.6 Å². The highest BCUT2D eigenvalue weighted by molar-refractivity contribution is 6.12. The third kappa shape index (κ3) is 5.31. The molecule has 2 aromatic carbocycles. The number of hydrogen-bond acceptors (Lipinski definition) is 8. The first-order valence-corrected chi connectivity index (χ1v) is 14.0. The minimum atomic E-state index is -0.606. The van der Waals surface area contributed by atoms with Crippen LogP contribution in [0.1, 0.15) is 75.3 Å². The smallest absolute Gasteiger partial charge is 0.336 e. The van der Waals surface area contributed by atoms with Crippen LogP contribution in [0.5, 0.6) is 23.0 Å². The van der Waals surface area contributed by atoms with E-state index in [1.807, 2.05) is 32.0 Å². The lowest BCUT2D eigenvalue weighted by Gasteiger charge is -2.38. The Morgan fingerprint density at radius 3 is 2.35 bits per heavy atom. The van der Waals surface area contributed by atoms with Crippen LogP contribution in [0.2, 0.25) is 0 Å². The van der Waals surface area contributed by atoms with Crippen molar-refractivity contribution in [2.24, 2.45) is 10.9 Å². The number of ether oxygens (including phenoxy) is 4. The minimum Gasteiger partial charge on any atom is -0.504 e. The maximum Gasteiger partial charge on any atom is 0.336 e. The number of allylic oxidation sites excluding steroid dienone is 1. The first-order chi connectivity index (χ1) is 19.3. The van der Waals surface area contributed by atoms with Gasteiger partial charge in [-0.2, -0.15) is 0 Å². The van der Waals surface area contributed by atoms with E-state index in [9.17, 15) is 14.7 Å². The number of methoxy groups -OCH3 is 2. The molecule has 5 rings (SSSR count). The summed E-state index contributed by atoms with van der Waals surface area (Å²) >= 11 is 0. The third-order valence-electron chi connectivity index (χ3n) is 8.27. The van der Waals surface area contributed by atoms with Crippen molar-refractivity contribution in [2.75, 3.05) is 20.8 Å². The van der Waals surface area contributed by atoms with E-state index in [1.54, 1.807) is 32.4 Å². The quantitative estimate of drug-likeness (QED) is 0.412. The Bertz CT molecular complexity index is 1360. The number of aliphatic imine (C=N–C) groups is 1. The molecule has 1 N–H and O–H groups in total. The maximum absolute atomic E-state index is 14.0. The molecule has 0 amide bonds. The van der Waals surface area contributed by atoms with Crippen molar-refractivity contribution in [2.45, 2.75) is 70.3 Å². The number of rotatable bonds is 8. The summed E-state index contributed by atoms with van der Waals surface area (Å²) in [5, 5.41) is 10.4. The van der Waals surface area contributed by atoms with Gasteiger partial charge in [-0.25, -0.2) is 4.79 Å². The monoisotopic (exact) mass is 547 g/mol. The molecule has 3 aliphatic rings. The summed E-state index contributed by atoms with van der Waals surface area (Å²) in [6.07, 6.45) is 4.53. The number of benzene rings is 2. The maximum atomic E-state index is 14.0. The Morgan fingerprint density at radius 1 is 0.950 bits per heavy atom. The van der Waals surface area contributed by atoms with Gasteiger partial charge in [0.2, 0.25) is 0 Å². The normalized spacial score (nSPS) is 22.9. The van der Waals surface area contributed by atoms with Gasteiger partial charge < -0.3 is 24.1 Å². The van der Waals surface area contributed by atoms with Crippen molar-refractivity contribution in [3.05, 3.63) is 58.8 Å². The van der Waals surface area contributed by atoms with Crippen LogP contribution in [0.25, 0.3) is 0 Å². The molecule has 2 aliphatic carbocycles. The summed E-state index contributed by atoms with van der Waals surface area (Å²) in [5.74, 6) is -0.114. The fourth-order valence-corrected chi connectivity index (χ4v) is 6.36. The van der Waals surface area contributed by atoms with E-state index in [1.165, 1.54) is 0 Å². The highest BCUT2D eigenvalue weighted by Gasteiger charge is 2.46. The van der Waals surface area contributed by atoms with Crippen molar-refractivity contribution in [3.63, 3.8) is 0 Å². The van der Waals surface area contributed by atoms with Crippen molar-refractivity contribution >= 4 is 17.5 Å². The van der Waals surface area contributed by atoms with Crippen LogP contribution in [0.3, 0.4) is 0 Å². The average Bonchev–Trinajstić information content (AvgIpc) is 3.46. The average molecular weight is 548 g/mol. The number of Topliss-reactive ketones (excluding diaryl/α,β-unsaturated/α-hetero) is 1. The standard InChI is InChI=1S/C32H37NO7/c1-5-39-27-17-20(10-12-24(27)34)30-29(32(36)40-22-8-6-7-9-22)18(2)33-23-14-21(15-25(35)31(23)30)19-11-13-26(37-3)28(16-19)38-4/h10-13,16-17,21-22,30-31,34H,5-9,14-15H2,1-4H3/t21-,30+,31?/m0/s1. The zero-order chi connectivity index (χ0) is 28.4. The van der Waals surface area contributed by atoms with E-state index in [4.69, 9.17) is 23.9 Å². The fourth-order valence-electron chi connectivity index (χ4n) is 6.36. The lowest BCUT2D eigenvalue weighted by molar-refractivity contribution is -0.144. The number of esters is 1. The van der Waals surface area contributed by atoms with Crippen LogP contribution in [0.4, 0.5) is 0 Å². The molecule has 0 spiro atoms. The first kappa shape index (κ1) is 27.7.